The number of morpholine rings is 1. The molecule has 0 amide bonds. The molecular weight excluding hydrogens is 244 g/mol. The number of H-pyrrole nitrogens is 1. The maximum Gasteiger partial charge on any atom is 0.252 e. The van der Waals surface area contributed by atoms with Gasteiger partial charge in [-0.3, -0.25) is 4.79 Å². The standard InChI is InChI=1S/C13H22N4O2/c1-9(2)13-15-11(6-12(18)16-13)17-4-5-19-10(8-17)7-14-3/h6,9-10,14H,4-5,7-8H2,1-3H3,(H,15,16,18). The molecule has 1 aliphatic rings. The van der Waals surface area contributed by atoms with Gasteiger partial charge in [0.25, 0.3) is 5.56 Å². The highest BCUT2D eigenvalue weighted by molar-refractivity contribution is 5.38. The van der Waals surface area contributed by atoms with Crippen LogP contribution in [0.3, 0.4) is 0 Å². The third-order valence-corrected chi connectivity index (χ3v) is 3.19. The molecule has 1 saturated heterocycles. The summed E-state index contributed by atoms with van der Waals surface area (Å²) in [4.78, 5) is 21.1. The van der Waals surface area contributed by atoms with Crippen LogP contribution in [0.15, 0.2) is 10.9 Å². The van der Waals surface area contributed by atoms with E-state index in [2.05, 4.69) is 20.2 Å². The summed E-state index contributed by atoms with van der Waals surface area (Å²) in [6.45, 7) is 7.04. The molecule has 1 aromatic rings. The molecule has 1 fully saturated rings. The van der Waals surface area contributed by atoms with Crippen LogP contribution in [0.1, 0.15) is 25.6 Å². The van der Waals surface area contributed by atoms with E-state index in [4.69, 9.17) is 4.74 Å². The van der Waals surface area contributed by atoms with Gasteiger partial charge in [0, 0.05) is 31.6 Å². The molecule has 2 heterocycles. The number of hydrogen-bond acceptors (Lipinski definition) is 5. The van der Waals surface area contributed by atoms with E-state index < -0.39 is 0 Å². The van der Waals surface area contributed by atoms with E-state index in [9.17, 15) is 4.79 Å². The Kier molecular flexibility index (Phi) is 4.55. The van der Waals surface area contributed by atoms with Crippen molar-refractivity contribution in [2.24, 2.45) is 0 Å². The van der Waals surface area contributed by atoms with Crippen LogP contribution in [0.2, 0.25) is 0 Å². The first kappa shape index (κ1) is 14.0. The highest BCUT2D eigenvalue weighted by atomic mass is 16.5. The number of hydrogen-bond donors (Lipinski definition) is 2. The molecule has 0 radical (unpaired) electrons. The van der Waals surface area contributed by atoms with Crippen LogP contribution in [0.4, 0.5) is 5.82 Å². The number of ether oxygens (including phenoxy) is 1. The number of aromatic amines is 1. The van der Waals surface area contributed by atoms with Crippen molar-refractivity contribution in [1.29, 1.82) is 0 Å². The highest BCUT2D eigenvalue weighted by Gasteiger charge is 2.21. The quantitative estimate of drug-likeness (QED) is 0.821. The van der Waals surface area contributed by atoms with Gasteiger partial charge in [0.2, 0.25) is 0 Å². The molecule has 19 heavy (non-hydrogen) atoms. The first-order valence-electron chi connectivity index (χ1n) is 6.72. The van der Waals surface area contributed by atoms with Gasteiger partial charge in [0.15, 0.2) is 0 Å². The van der Waals surface area contributed by atoms with E-state index in [-0.39, 0.29) is 17.6 Å². The molecule has 0 spiro atoms. The van der Waals surface area contributed by atoms with Crippen molar-refractivity contribution in [2.75, 3.05) is 38.2 Å². The van der Waals surface area contributed by atoms with Gasteiger partial charge >= 0.3 is 0 Å². The normalized spacial score (nSPS) is 20.0. The number of nitrogens with zero attached hydrogens (tertiary/aromatic N) is 2. The van der Waals surface area contributed by atoms with Crippen LogP contribution >= 0.6 is 0 Å². The molecular formula is C13H22N4O2. The van der Waals surface area contributed by atoms with Crippen molar-refractivity contribution in [3.05, 3.63) is 22.2 Å². The molecule has 0 aliphatic carbocycles. The van der Waals surface area contributed by atoms with Crippen LogP contribution in [0.5, 0.6) is 0 Å². The zero-order chi connectivity index (χ0) is 13.8. The predicted molar refractivity (Wildman–Crippen MR) is 74.8 cm³/mol. The molecule has 6 heteroatoms. The lowest BCUT2D eigenvalue weighted by atomic mass is 10.2. The molecule has 2 N–H and O–H groups in total. The lowest BCUT2D eigenvalue weighted by Gasteiger charge is -2.33. The van der Waals surface area contributed by atoms with Crippen molar-refractivity contribution >= 4 is 5.82 Å². The maximum atomic E-state index is 11.7. The van der Waals surface area contributed by atoms with E-state index in [1.807, 2.05) is 20.9 Å². The van der Waals surface area contributed by atoms with E-state index in [1.54, 1.807) is 6.07 Å². The molecule has 1 atom stereocenters. The lowest BCUT2D eigenvalue weighted by molar-refractivity contribution is 0.0419. The van der Waals surface area contributed by atoms with Crippen molar-refractivity contribution < 1.29 is 4.74 Å². The van der Waals surface area contributed by atoms with Crippen molar-refractivity contribution in [1.82, 2.24) is 15.3 Å². The summed E-state index contributed by atoms with van der Waals surface area (Å²) >= 11 is 0. The van der Waals surface area contributed by atoms with Gasteiger partial charge in [-0.25, -0.2) is 4.98 Å². The monoisotopic (exact) mass is 266 g/mol. The molecule has 1 aromatic heterocycles. The number of aromatic nitrogens is 2. The predicted octanol–water partition coefficient (Wildman–Crippen LogP) is 0.318. The third-order valence-electron chi connectivity index (χ3n) is 3.19. The van der Waals surface area contributed by atoms with E-state index in [0.717, 1.165) is 31.3 Å². The van der Waals surface area contributed by atoms with Crippen LogP contribution in [-0.2, 0) is 4.74 Å². The molecule has 0 bridgehead atoms. The first-order valence-corrected chi connectivity index (χ1v) is 6.72. The third kappa shape index (κ3) is 3.54. The molecule has 2 rings (SSSR count). The Morgan fingerprint density at radius 3 is 3.11 bits per heavy atom. The van der Waals surface area contributed by atoms with Crippen molar-refractivity contribution in [3.63, 3.8) is 0 Å². The summed E-state index contributed by atoms with van der Waals surface area (Å²) in [6, 6.07) is 1.56. The minimum absolute atomic E-state index is 0.0923. The minimum Gasteiger partial charge on any atom is -0.373 e. The van der Waals surface area contributed by atoms with Crippen LogP contribution < -0.4 is 15.8 Å². The van der Waals surface area contributed by atoms with Gasteiger partial charge in [-0.1, -0.05) is 13.8 Å². The molecule has 1 unspecified atom stereocenters. The first-order chi connectivity index (χ1) is 9.10. The Bertz CT molecular complexity index is 470. The average molecular weight is 266 g/mol. The van der Waals surface area contributed by atoms with Crippen LogP contribution in [-0.4, -0.2) is 49.4 Å². The van der Waals surface area contributed by atoms with Gasteiger partial charge in [-0.15, -0.1) is 0 Å². The van der Waals surface area contributed by atoms with Gasteiger partial charge in [0.1, 0.15) is 11.6 Å². The van der Waals surface area contributed by atoms with Crippen LogP contribution in [0, 0.1) is 0 Å². The fourth-order valence-corrected chi connectivity index (χ4v) is 2.18. The Balaban J connectivity index is 2.18. The van der Waals surface area contributed by atoms with Gasteiger partial charge in [-0.2, -0.15) is 0 Å². The Morgan fingerprint density at radius 2 is 2.42 bits per heavy atom. The van der Waals surface area contributed by atoms with E-state index in [0.29, 0.717) is 6.61 Å². The Morgan fingerprint density at radius 1 is 1.63 bits per heavy atom. The second-order valence-corrected chi connectivity index (χ2v) is 5.14. The van der Waals surface area contributed by atoms with E-state index >= 15 is 0 Å². The zero-order valence-electron chi connectivity index (χ0n) is 11.8. The van der Waals surface area contributed by atoms with Gasteiger partial charge in [-0.05, 0) is 7.05 Å². The van der Waals surface area contributed by atoms with E-state index in [1.165, 1.54) is 0 Å². The lowest BCUT2D eigenvalue weighted by Crippen LogP contribution is -2.46. The number of anilines is 1. The Hall–Kier alpha value is -1.40. The largest absolute Gasteiger partial charge is 0.373 e. The van der Waals surface area contributed by atoms with Crippen molar-refractivity contribution in [3.8, 4) is 0 Å². The SMILES string of the molecule is CNCC1CN(c2cc(=O)[nH]c(C(C)C)n2)CCO1. The zero-order valence-corrected chi connectivity index (χ0v) is 11.8. The average Bonchev–Trinajstić information content (AvgIpc) is 2.38. The summed E-state index contributed by atoms with van der Waals surface area (Å²) in [7, 11) is 1.91. The molecule has 0 saturated carbocycles. The number of rotatable bonds is 4. The van der Waals surface area contributed by atoms with Crippen LogP contribution in [0.25, 0.3) is 0 Å². The summed E-state index contributed by atoms with van der Waals surface area (Å²) in [5, 5.41) is 3.11. The van der Waals surface area contributed by atoms with Crippen molar-refractivity contribution in [2.45, 2.75) is 25.9 Å². The number of likely N-dealkylation sites (N-methyl/N-ethyl adjacent to an activating group) is 1. The summed E-state index contributed by atoms with van der Waals surface area (Å²) in [6.07, 6.45) is 0.141. The summed E-state index contributed by atoms with van der Waals surface area (Å²) in [5.41, 5.74) is -0.0923. The molecule has 1 aliphatic heterocycles. The molecule has 6 nitrogen and oxygen atoms in total. The highest BCUT2D eigenvalue weighted by Crippen LogP contribution is 2.16. The molecule has 106 valence electrons. The Labute approximate surface area is 113 Å². The fourth-order valence-electron chi connectivity index (χ4n) is 2.18. The minimum atomic E-state index is -0.0923. The smallest absolute Gasteiger partial charge is 0.252 e. The fraction of sp³-hybridized carbons (Fsp3) is 0.692. The second kappa shape index (κ2) is 6.16. The topological polar surface area (TPSA) is 70.2 Å². The summed E-state index contributed by atoms with van der Waals surface area (Å²) < 4.78 is 5.66. The van der Waals surface area contributed by atoms with Gasteiger partial charge < -0.3 is 19.9 Å². The van der Waals surface area contributed by atoms with Gasteiger partial charge in [0.05, 0.1) is 12.7 Å². The summed E-state index contributed by atoms with van der Waals surface area (Å²) in [5.74, 6) is 1.69. The number of nitrogens with one attached hydrogen (secondary N) is 2. The molecule has 0 aromatic carbocycles. The second-order valence-electron chi connectivity index (χ2n) is 5.14. The maximum absolute atomic E-state index is 11.7.